The first kappa shape index (κ1) is 15.5. The maximum absolute atomic E-state index is 12.3. The molecule has 0 unspecified atom stereocenters. The van der Waals surface area contributed by atoms with E-state index in [4.69, 9.17) is 11.5 Å². The molecule has 1 fully saturated rings. The van der Waals surface area contributed by atoms with Gasteiger partial charge in [0.2, 0.25) is 0 Å². The number of rotatable bonds is 6. The Kier molecular flexibility index (Phi) is 4.23. The van der Waals surface area contributed by atoms with Crippen molar-refractivity contribution in [3.05, 3.63) is 35.4 Å². The van der Waals surface area contributed by atoms with E-state index in [0.717, 1.165) is 12.0 Å². The number of nitrogens with two attached hydrogens (primary N) is 2. The van der Waals surface area contributed by atoms with E-state index in [1.165, 1.54) is 5.56 Å². The van der Waals surface area contributed by atoms with Gasteiger partial charge in [0.05, 0.1) is 5.25 Å². The summed E-state index contributed by atoms with van der Waals surface area (Å²) in [5.74, 6) is 0.0801. The Balaban J connectivity index is 2.38. The van der Waals surface area contributed by atoms with Gasteiger partial charge in [-0.1, -0.05) is 38.1 Å². The highest BCUT2D eigenvalue weighted by Gasteiger charge is 2.68. The van der Waals surface area contributed by atoms with Gasteiger partial charge in [0.1, 0.15) is 0 Å². The Bertz CT molecular complexity index is 562. The van der Waals surface area contributed by atoms with Crippen LogP contribution in [0.1, 0.15) is 30.9 Å². The Morgan fingerprint density at radius 3 is 2.05 bits per heavy atom. The fourth-order valence-corrected chi connectivity index (χ4v) is 5.41. The minimum Gasteiger partial charge on any atom is -0.330 e. The lowest BCUT2D eigenvalue weighted by atomic mass is 9.98. The second kappa shape index (κ2) is 5.47. The Hall–Kier alpha value is -0.910. The number of sulfone groups is 1. The van der Waals surface area contributed by atoms with Crippen LogP contribution in [0.3, 0.4) is 0 Å². The van der Waals surface area contributed by atoms with E-state index in [-0.39, 0.29) is 11.7 Å². The van der Waals surface area contributed by atoms with E-state index >= 15 is 0 Å². The molecule has 5 heteroatoms. The second-order valence-corrected chi connectivity index (χ2v) is 8.00. The van der Waals surface area contributed by atoms with Crippen LogP contribution in [0.2, 0.25) is 0 Å². The molecule has 0 saturated heterocycles. The standard InChI is InChI=1S/C15H24N2O2S/c1-3-11-5-7-12(8-6-11)13-14(20(18,19)4-2)15(13,9-16)10-17/h5-8,13-14H,3-4,9-10,16-17H2,1-2H3/t13-,14+/m0/s1. The number of hydrogen-bond acceptors (Lipinski definition) is 4. The quantitative estimate of drug-likeness (QED) is 0.821. The zero-order valence-electron chi connectivity index (χ0n) is 12.2. The van der Waals surface area contributed by atoms with Gasteiger partial charge in [-0.25, -0.2) is 8.42 Å². The van der Waals surface area contributed by atoms with Gasteiger partial charge < -0.3 is 11.5 Å². The van der Waals surface area contributed by atoms with E-state index in [1.807, 2.05) is 12.1 Å². The molecule has 4 N–H and O–H groups in total. The van der Waals surface area contributed by atoms with Crippen molar-refractivity contribution < 1.29 is 8.42 Å². The lowest BCUT2D eigenvalue weighted by molar-refractivity contribution is 0.510. The SMILES string of the molecule is CCc1ccc([C@H]2[C@@H](S(=O)(=O)CC)C2(CN)CN)cc1. The van der Waals surface area contributed by atoms with Crippen LogP contribution >= 0.6 is 0 Å². The van der Waals surface area contributed by atoms with Gasteiger partial charge in [-0.2, -0.15) is 0 Å². The minimum atomic E-state index is -3.13. The molecule has 1 aromatic carbocycles. The van der Waals surface area contributed by atoms with Crippen LogP contribution in [0.25, 0.3) is 0 Å². The minimum absolute atomic E-state index is 0.0617. The molecule has 20 heavy (non-hydrogen) atoms. The summed E-state index contributed by atoms with van der Waals surface area (Å²) >= 11 is 0. The van der Waals surface area contributed by atoms with Crippen molar-refractivity contribution in [3.63, 3.8) is 0 Å². The van der Waals surface area contributed by atoms with Gasteiger partial charge >= 0.3 is 0 Å². The average molecular weight is 296 g/mol. The zero-order chi connectivity index (χ0) is 15.0. The molecule has 0 bridgehead atoms. The van der Waals surface area contributed by atoms with Gasteiger partial charge in [-0.15, -0.1) is 0 Å². The summed E-state index contributed by atoms with van der Waals surface area (Å²) in [5.41, 5.74) is 13.5. The molecule has 4 nitrogen and oxygen atoms in total. The third-order valence-corrected chi connectivity index (χ3v) is 7.00. The van der Waals surface area contributed by atoms with Crippen LogP contribution < -0.4 is 11.5 Å². The molecular weight excluding hydrogens is 272 g/mol. The largest absolute Gasteiger partial charge is 0.330 e. The summed E-state index contributed by atoms with van der Waals surface area (Å²) in [6, 6.07) is 8.16. The van der Waals surface area contributed by atoms with Crippen molar-refractivity contribution in [3.8, 4) is 0 Å². The predicted octanol–water partition coefficient (Wildman–Crippen LogP) is 1.05. The molecule has 2 rings (SSSR count). The zero-order valence-corrected chi connectivity index (χ0v) is 13.0. The second-order valence-electron chi connectivity index (χ2n) is 5.59. The van der Waals surface area contributed by atoms with Gasteiger partial charge in [0, 0.05) is 30.2 Å². The molecule has 1 aliphatic rings. The molecule has 0 aliphatic heterocycles. The molecule has 112 valence electrons. The maximum atomic E-state index is 12.3. The molecule has 2 atom stereocenters. The Morgan fingerprint density at radius 2 is 1.65 bits per heavy atom. The number of hydrogen-bond donors (Lipinski definition) is 2. The summed E-state index contributed by atoms with van der Waals surface area (Å²) < 4.78 is 24.6. The van der Waals surface area contributed by atoms with Crippen molar-refractivity contribution in [1.82, 2.24) is 0 Å². The number of benzene rings is 1. The fraction of sp³-hybridized carbons (Fsp3) is 0.600. The first-order valence-electron chi connectivity index (χ1n) is 7.17. The van der Waals surface area contributed by atoms with Crippen LogP contribution in [0.15, 0.2) is 24.3 Å². The maximum Gasteiger partial charge on any atom is 0.154 e. The smallest absolute Gasteiger partial charge is 0.154 e. The Morgan fingerprint density at radius 1 is 1.10 bits per heavy atom. The van der Waals surface area contributed by atoms with Crippen LogP contribution in [-0.2, 0) is 16.3 Å². The summed E-state index contributed by atoms with van der Waals surface area (Å²) in [5, 5.41) is -0.428. The monoisotopic (exact) mass is 296 g/mol. The Labute approximate surface area is 121 Å². The lowest BCUT2D eigenvalue weighted by Gasteiger charge is -2.12. The highest BCUT2D eigenvalue weighted by Crippen LogP contribution is 2.61. The molecule has 0 aromatic heterocycles. The molecule has 0 amide bonds. The summed E-state index contributed by atoms with van der Waals surface area (Å²) in [7, 11) is -3.13. The summed E-state index contributed by atoms with van der Waals surface area (Å²) in [4.78, 5) is 0. The van der Waals surface area contributed by atoms with Gasteiger partial charge in [0.15, 0.2) is 9.84 Å². The first-order valence-corrected chi connectivity index (χ1v) is 8.89. The number of aryl methyl sites for hydroxylation is 1. The molecule has 1 aliphatic carbocycles. The molecule has 1 saturated carbocycles. The fourth-order valence-electron chi connectivity index (χ4n) is 3.23. The predicted molar refractivity (Wildman–Crippen MR) is 82.4 cm³/mol. The van der Waals surface area contributed by atoms with Crippen LogP contribution in [0, 0.1) is 5.41 Å². The van der Waals surface area contributed by atoms with Crippen molar-refractivity contribution in [1.29, 1.82) is 0 Å². The third kappa shape index (κ3) is 2.28. The molecule has 0 heterocycles. The van der Waals surface area contributed by atoms with E-state index in [2.05, 4.69) is 19.1 Å². The van der Waals surface area contributed by atoms with E-state index in [0.29, 0.717) is 13.1 Å². The highest BCUT2D eigenvalue weighted by atomic mass is 32.2. The molecular formula is C15H24N2O2S. The topological polar surface area (TPSA) is 86.2 Å². The third-order valence-electron chi connectivity index (χ3n) is 4.68. The van der Waals surface area contributed by atoms with Crippen LogP contribution in [-0.4, -0.2) is 32.5 Å². The van der Waals surface area contributed by atoms with Crippen molar-refractivity contribution in [2.24, 2.45) is 16.9 Å². The van der Waals surface area contributed by atoms with Crippen molar-refractivity contribution in [2.75, 3.05) is 18.8 Å². The average Bonchev–Trinajstić information content (AvgIpc) is 3.18. The lowest BCUT2D eigenvalue weighted by Crippen LogP contribution is -2.31. The normalized spacial score (nSPS) is 24.6. The first-order chi connectivity index (χ1) is 9.46. The van der Waals surface area contributed by atoms with Crippen LogP contribution in [0.4, 0.5) is 0 Å². The summed E-state index contributed by atoms with van der Waals surface area (Å²) in [6.07, 6.45) is 0.973. The summed E-state index contributed by atoms with van der Waals surface area (Å²) in [6.45, 7) is 4.41. The highest BCUT2D eigenvalue weighted by molar-refractivity contribution is 7.92. The van der Waals surface area contributed by atoms with Gasteiger partial charge in [0.25, 0.3) is 0 Å². The van der Waals surface area contributed by atoms with Gasteiger partial charge in [-0.05, 0) is 17.5 Å². The van der Waals surface area contributed by atoms with E-state index < -0.39 is 20.5 Å². The van der Waals surface area contributed by atoms with Crippen LogP contribution in [0.5, 0.6) is 0 Å². The molecule has 0 spiro atoms. The van der Waals surface area contributed by atoms with E-state index in [9.17, 15) is 8.42 Å². The van der Waals surface area contributed by atoms with Crippen molar-refractivity contribution in [2.45, 2.75) is 31.4 Å². The molecule has 0 radical (unpaired) electrons. The molecule has 1 aromatic rings. The van der Waals surface area contributed by atoms with Gasteiger partial charge in [-0.3, -0.25) is 0 Å². The van der Waals surface area contributed by atoms with E-state index in [1.54, 1.807) is 6.92 Å². The van der Waals surface area contributed by atoms with Crippen molar-refractivity contribution >= 4 is 9.84 Å².